The Morgan fingerprint density at radius 3 is 2.54 bits per heavy atom. The summed E-state index contributed by atoms with van der Waals surface area (Å²) in [5, 5.41) is 13.8. The van der Waals surface area contributed by atoms with Gasteiger partial charge in [0.25, 0.3) is 0 Å². The average Bonchev–Trinajstić information content (AvgIpc) is 3.10. The summed E-state index contributed by atoms with van der Waals surface area (Å²) < 4.78 is 2.00. The molecule has 3 saturated heterocycles. The summed E-state index contributed by atoms with van der Waals surface area (Å²) in [5.41, 5.74) is 0.877. The number of hydrogen-bond donors (Lipinski definition) is 0. The molecule has 152 valence electrons. The van der Waals surface area contributed by atoms with Crippen LogP contribution >= 0.6 is 0 Å². The fraction of sp³-hybridized carbons (Fsp3) is 0.762. The first-order chi connectivity index (χ1) is 13.8. The van der Waals surface area contributed by atoms with Crippen molar-refractivity contribution in [2.75, 3.05) is 51.2 Å². The highest BCUT2D eigenvalue weighted by molar-refractivity contribution is 5.47. The van der Waals surface area contributed by atoms with Crippen LogP contribution in [0.4, 0.5) is 5.82 Å². The summed E-state index contributed by atoms with van der Waals surface area (Å²) in [4.78, 5) is 7.55. The van der Waals surface area contributed by atoms with E-state index in [-0.39, 0.29) is 0 Å². The zero-order valence-corrected chi connectivity index (χ0v) is 17.1. The Hall–Kier alpha value is -1.73. The third kappa shape index (κ3) is 3.62. The normalized spacial score (nSPS) is 25.3. The molecule has 3 aliphatic heterocycles. The van der Waals surface area contributed by atoms with Gasteiger partial charge in [-0.15, -0.1) is 15.3 Å². The van der Waals surface area contributed by atoms with E-state index in [1.54, 1.807) is 0 Å². The zero-order valence-electron chi connectivity index (χ0n) is 17.1. The Kier molecular flexibility index (Phi) is 5.20. The minimum atomic E-state index is 0.475. The predicted octanol–water partition coefficient (Wildman–Crippen LogP) is 2.39. The molecule has 7 heteroatoms. The van der Waals surface area contributed by atoms with Crippen molar-refractivity contribution in [1.82, 2.24) is 29.6 Å². The molecule has 0 radical (unpaired) electrons. The van der Waals surface area contributed by atoms with Crippen LogP contribution < -0.4 is 4.90 Å². The number of aromatic nitrogens is 4. The molecule has 5 rings (SSSR count). The molecule has 3 aliphatic rings. The third-order valence-corrected chi connectivity index (χ3v) is 7.11. The zero-order chi connectivity index (χ0) is 18.9. The molecule has 7 nitrogen and oxygen atoms in total. The summed E-state index contributed by atoms with van der Waals surface area (Å²) in [7, 11) is 2.30. The van der Waals surface area contributed by atoms with Crippen LogP contribution in [0.2, 0.25) is 0 Å². The van der Waals surface area contributed by atoms with Crippen molar-refractivity contribution in [2.24, 2.45) is 0 Å². The second-order valence-corrected chi connectivity index (χ2v) is 8.90. The first kappa shape index (κ1) is 18.3. The van der Waals surface area contributed by atoms with Crippen LogP contribution in [-0.4, -0.2) is 82.0 Å². The van der Waals surface area contributed by atoms with E-state index in [1.165, 1.54) is 58.3 Å². The number of likely N-dealkylation sites (tertiary alicyclic amines) is 2. The number of fused-ring (bicyclic) bond motifs is 1. The molecule has 1 unspecified atom stereocenters. The largest absolute Gasteiger partial charge is 0.355 e. The van der Waals surface area contributed by atoms with Gasteiger partial charge in [0.05, 0.1) is 0 Å². The van der Waals surface area contributed by atoms with Gasteiger partial charge in [-0.05, 0) is 83.9 Å². The maximum absolute atomic E-state index is 4.86. The van der Waals surface area contributed by atoms with E-state index in [0.29, 0.717) is 5.92 Å². The van der Waals surface area contributed by atoms with Crippen LogP contribution in [0.15, 0.2) is 12.1 Å². The van der Waals surface area contributed by atoms with E-state index in [9.17, 15) is 0 Å². The van der Waals surface area contributed by atoms with Crippen molar-refractivity contribution in [1.29, 1.82) is 0 Å². The lowest BCUT2D eigenvalue weighted by Crippen LogP contribution is -2.41. The van der Waals surface area contributed by atoms with E-state index in [0.717, 1.165) is 49.3 Å². The van der Waals surface area contributed by atoms with Crippen molar-refractivity contribution in [3.8, 4) is 0 Å². The molecule has 1 atom stereocenters. The molecule has 0 N–H and O–H groups in total. The SMILES string of the molecule is CN1CCCCC1CCN1CCC(c2nnc3ccc(N4CCC4)nn23)CC1. The van der Waals surface area contributed by atoms with E-state index < -0.39 is 0 Å². The van der Waals surface area contributed by atoms with E-state index in [4.69, 9.17) is 5.10 Å². The van der Waals surface area contributed by atoms with Gasteiger partial charge < -0.3 is 14.7 Å². The first-order valence-corrected chi connectivity index (χ1v) is 11.2. The van der Waals surface area contributed by atoms with Crippen LogP contribution in [0.25, 0.3) is 5.65 Å². The molecule has 2 aromatic heterocycles. The van der Waals surface area contributed by atoms with Crippen LogP contribution in [0.5, 0.6) is 0 Å². The average molecular weight is 384 g/mol. The number of rotatable bonds is 5. The highest BCUT2D eigenvalue weighted by Gasteiger charge is 2.27. The molecular formula is C21H33N7. The van der Waals surface area contributed by atoms with E-state index in [2.05, 4.69) is 44.1 Å². The molecule has 0 amide bonds. The third-order valence-electron chi connectivity index (χ3n) is 7.11. The molecule has 0 aromatic carbocycles. The molecule has 0 saturated carbocycles. The molecule has 28 heavy (non-hydrogen) atoms. The van der Waals surface area contributed by atoms with Gasteiger partial charge in [0.2, 0.25) is 0 Å². The molecular weight excluding hydrogens is 350 g/mol. The minimum Gasteiger partial charge on any atom is -0.355 e. The quantitative estimate of drug-likeness (QED) is 0.790. The van der Waals surface area contributed by atoms with Crippen LogP contribution in [-0.2, 0) is 0 Å². The lowest BCUT2D eigenvalue weighted by molar-refractivity contribution is 0.141. The molecule has 0 aliphatic carbocycles. The van der Waals surface area contributed by atoms with Crippen molar-refractivity contribution < 1.29 is 0 Å². The summed E-state index contributed by atoms with van der Waals surface area (Å²) in [6, 6.07) is 4.93. The second-order valence-electron chi connectivity index (χ2n) is 8.90. The van der Waals surface area contributed by atoms with Gasteiger partial charge in [-0.2, -0.15) is 4.52 Å². The lowest BCUT2D eigenvalue weighted by atomic mass is 9.95. The minimum absolute atomic E-state index is 0.475. The summed E-state index contributed by atoms with van der Waals surface area (Å²) in [5.74, 6) is 2.60. The van der Waals surface area contributed by atoms with Crippen molar-refractivity contribution in [3.05, 3.63) is 18.0 Å². The Labute approximate surface area is 167 Å². The Morgan fingerprint density at radius 1 is 0.929 bits per heavy atom. The standard InChI is InChI=1S/C21H33N7/c1-25-11-3-2-5-18(25)10-16-26-14-8-17(9-15-26)21-23-22-19-6-7-20(24-28(19)21)27-12-4-13-27/h6-7,17-18H,2-5,8-16H2,1H3. The van der Waals surface area contributed by atoms with Crippen LogP contribution in [0.1, 0.15) is 56.7 Å². The smallest absolute Gasteiger partial charge is 0.178 e. The topological polar surface area (TPSA) is 52.8 Å². The number of hydrogen-bond acceptors (Lipinski definition) is 6. The Balaban J connectivity index is 1.19. The van der Waals surface area contributed by atoms with Gasteiger partial charge in [-0.3, -0.25) is 0 Å². The fourth-order valence-corrected chi connectivity index (χ4v) is 5.02. The van der Waals surface area contributed by atoms with Crippen molar-refractivity contribution >= 4 is 11.5 Å². The number of piperidine rings is 2. The molecule has 0 spiro atoms. The van der Waals surface area contributed by atoms with Gasteiger partial charge in [0.15, 0.2) is 11.5 Å². The summed E-state index contributed by atoms with van der Waals surface area (Å²) in [6.45, 7) is 7.08. The van der Waals surface area contributed by atoms with Gasteiger partial charge in [0.1, 0.15) is 5.82 Å². The Morgan fingerprint density at radius 2 is 1.79 bits per heavy atom. The monoisotopic (exact) mass is 383 g/mol. The van der Waals surface area contributed by atoms with Gasteiger partial charge in [-0.1, -0.05) is 6.42 Å². The maximum atomic E-state index is 4.86. The molecule has 3 fully saturated rings. The highest BCUT2D eigenvalue weighted by atomic mass is 15.4. The summed E-state index contributed by atoms with van der Waals surface area (Å²) >= 11 is 0. The van der Waals surface area contributed by atoms with Crippen molar-refractivity contribution in [3.63, 3.8) is 0 Å². The van der Waals surface area contributed by atoms with E-state index in [1.807, 2.05) is 4.52 Å². The predicted molar refractivity (Wildman–Crippen MR) is 111 cm³/mol. The maximum Gasteiger partial charge on any atom is 0.178 e. The number of nitrogens with zero attached hydrogens (tertiary/aromatic N) is 7. The molecule has 5 heterocycles. The van der Waals surface area contributed by atoms with Crippen LogP contribution in [0, 0.1) is 0 Å². The molecule has 0 bridgehead atoms. The lowest BCUT2D eigenvalue weighted by Gasteiger charge is -2.36. The van der Waals surface area contributed by atoms with Crippen molar-refractivity contribution in [2.45, 2.75) is 56.9 Å². The highest BCUT2D eigenvalue weighted by Crippen LogP contribution is 2.28. The van der Waals surface area contributed by atoms with Gasteiger partial charge in [-0.25, -0.2) is 0 Å². The summed E-state index contributed by atoms with van der Waals surface area (Å²) in [6.07, 6.45) is 9.07. The number of anilines is 1. The first-order valence-electron chi connectivity index (χ1n) is 11.2. The van der Waals surface area contributed by atoms with E-state index >= 15 is 0 Å². The fourth-order valence-electron chi connectivity index (χ4n) is 5.02. The second kappa shape index (κ2) is 7.95. The van der Waals surface area contributed by atoms with Gasteiger partial charge in [0, 0.05) is 25.0 Å². The van der Waals surface area contributed by atoms with Gasteiger partial charge >= 0.3 is 0 Å². The Bertz CT molecular complexity index is 791. The molecule has 2 aromatic rings. The van der Waals surface area contributed by atoms with Crippen LogP contribution in [0.3, 0.4) is 0 Å².